The summed E-state index contributed by atoms with van der Waals surface area (Å²) in [4.78, 5) is 16.8. The molecule has 1 aromatic heterocycles. The lowest BCUT2D eigenvalue weighted by Gasteiger charge is -2.37. The van der Waals surface area contributed by atoms with Gasteiger partial charge in [-0.1, -0.05) is 19.6 Å². The number of aryl methyl sites for hydroxylation is 1. The third kappa shape index (κ3) is 5.84. The van der Waals surface area contributed by atoms with E-state index < -0.39 is 38.3 Å². The average Bonchev–Trinajstić information content (AvgIpc) is 3.56. The number of methoxy groups -OCH3 is 2. The number of halogens is 3. The third-order valence-corrected chi connectivity index (χ3v) is 8.99. The van der Waals surface area contributed by atoms with Crippen LogP contribution in [-0.2, 0) is 37.8 Å². The van der Waals surface area contributed by atoms with Crippen LogP contribution in [0.15, 0.2) is 24.3 Å². The minimum absolute atomic E-state index is 0.0619. The summed E-state index contributed by atoms with van der Waals surface area (Å²) < 4.78 is 70.8. The maximum atomic E-state index is 15.9. The van der Waals surface area contributed by atoms with E-state index in [1.807, 2.05) is 6.07 Å². The van der Waals surface area contributed by atoms with Gasteiger partial charge in [-0.25, -0.2) is 9.78 Å². The van der Waals surface area contributed by atoms with Gasteiger partial charge in [0.05, 0.1) is 36.9 Å². The number of carbonyl (C=O) groups is 1. The highest BCUT2D eigenvalue weighted by Gasteiger charge is 2.64. The standard InChI is InChI=1S/C29H35F3N4O5Si/c1-18-13-23(38-2)25(20-9-10-34-26(18)20)28(29(30,31)32,41-16-24(37)39-3)27-35-21-8-7-19(15-33)14-22(21)36(27)17-40-11-12-42(4,5)6/h7-8,13-14,34H,9-12,16-17H2,1-6H3. The summed E-state index contributed by atoms with van der Waals surface area (Å²) in [6, 6.07) is 8.76. The van der Waals surface area contributed by atoms with Gasteiger partial charge in [0.2, 0.25) is 0 Å². The Hall–Kier alpha value is -3.60. The van der Waals surface area contributed by atoms with Crippen LogP contribution in [0.4, 0.5) is 18.9 Å². The lowest BCUT2D eigenvalue weighted by Crippen LogP contribution is -2.50. The molecule has 1 unspecified atom stereocenters. The Balaban J connectivity index is 2.08. The minimum atomic E-state index is -5.14. The van der Waals surface area contributed by atoms with Crippen LogP contribution in [0.2, 0.25) is 25.7 Å². The first-order chi connectivity index (χ1) is 19.8. The number of ether oxygens (including phenoxy) is 4. The summed E-state index contributed by atoms with van der Waals surface area (Å²) >= 11 is 0. The van der Waals surface area contributed by atoms with Gasteiger partial charge in [-0.15, -0.1) is 0 Å². The third-order valence-electron chi connectivity index (χ3n) is 7.28. The Labute approximate surface area is 243 Å². The maximum Gasteiger partial charge on any atom is 0.429 e. The molecule has 2 heterocycles. The smallest absolute Gasteiger partial charge is 0.429 e. The van der Waals surface area contributed by atoms with Crippen molar-refractivity contribution in [1.82, 2.24) is 9.55 Å². The van der Waals surface area contributed by atoms with Crippen molar-refractivity contribution in [3.63, 3.8) is 0 Å². The lowest BCUT2D eigenvalue weighted by molar-refractivity contribution is -0.271. The molecule has 1 atom stereocenters. The van der Waals surface area contributed by atoms with Crippen LogP contribution in [0.25, 0.3) is 11.0 Å². The quantitative estimate of drug-likeness (QED) is 0.174. The van der Waals surface area contributed by atoms with Crippen LogP contribution in [0, 0.1) is 18.3 Å². The van der Waals surface area contributed by atoms with Gasteiger partial charge in [0, 0.05) is 32.5 Å². The summed E-state index contributed by atoms with van der Waals surface area (Å²) in [6.45, 7) is 7.70. The Morgan fingerprint density at radius 1 is 1.21 bits per heavy atom. The Bertz CT molecular complexity index is 1530. The van der Waals surface area contributed by atoms with Gasteiger partial charge in [0.25, 0.3) is 5.60 Å². The minimum Gasteiger partial charge on any atom is -0.496 e. The number of nitrogens with zero attached hydrogens (tertiary/aromatic N) is 3. The molecule has 0 aliphatic carbocycles. The van der Waals surface area contributed by atoms with E-state index in [0.717, 1.165) is 13.2 Å². The van der Waals surface area contributed by atoms with E-state index in [1.54, 1.807) is 6.92 Å². The molecular formula is C29H35F3N4O5Si. The van der Waals surface area contributed by atoms with E-state index in [9.17, 15) is 10.1 Å². The molecule has 226 valence electrons. The SMILES string of the molecule is COC(=O)COC(c1c(OC)cc(C)c2c1CCN2)(c1nc2ccc(C#N)cc2n1COCC[Si](C)(C)C)C(F)(F)F. The van der Waals surface area contributed by atoms with Gasteiger partial charge < -0.3 is 28.8 Å². The number of fused-ring (bicyclic) bond motifs is 2. The number of benzene rings is 2. The molecule has 0 radical (unpaired) electrons. The summed E-state index contributed by atoms with van der Waals surface area (Å²) in [7, 11) is 0.845. The van der Waals surface area contributed by atoms with E-state index in [-0.39, 0.29) is 41.1 Å². The fraction of sp³-hybridized carbons (Fsp3) is 0.483. The second kappa shape index (κ2) is 11.9. The molecule has 4 rings (SSSR count). The van der Waals surface area contributed by atoms with Gasteiger partial charge in [-0.05, 0) is 54.8 Å². The number of alkyl halides is 3. The first-order valence-electron chi connectivity index (χ1n) is 13.5. The summed E-state index contributed by atoms with van der Waals surface area (Å²) in [6.07, 6.45) is -4.89. The number of hydrogen-bond donors (Lipinski definition) is 1. The van der Waals surface area contributed by atoms with Crippen molar-refractivity contribution in [2.75, 3.05) is 39.3 Å². The van der Waals surface area contributed by atoms with Crippen LogP contribution >= 0.6 is 0 Å². The molecule has 0 fully saturated rings. The van der Waals surface area contributed by atoms with Gasteiger partial charge in [-0.2, -0.15) is 18.4 Å². The molecule has 1 aliphatic heterocycles. The van der Waals surface area contributed by atoms with E-state index >= 15 is 13.2 Å². The van der Waals surface area contributed by atoms with E-state index in [2.05, 4.69) is 34.7 Å². The number of esters is 1. The fourth-order valence-corrected chi connectivity index (χ4v) is 5.92. The number of hydrogen-bond acceptors (Lipinski definition) is 8. The van der Waals surface area contributed by atoms with Crippen molar-refractivity contribution >= 4 is 30.8 Å². The van der Waals surface area contributed by atoms with Crippen molar-refractivity contribution in [1.29, 1.82) is 5.26 Å². The van der Waals surface area contributed by atoms with Crippen molar-refractivity contribution in [3.8, 4) is 11.8 Å². The normalized spacial score (nSPS) is 14.7. The zero-order valence-electron chi connectivity index (χ0n) is 24.6. The molecule has 13 heteroatoms. The van der Waals surface area contributed by atoms with Crippen molar-refractivity contribution in [2.45, 2.75) is 57.5 Å². The number of aromatic nitrogens is 2. The molecule has 1 aliphatic rings. The number of rotatable bonds is 11. The summed E-state index contributed by atoms with van der Waals surface area (Å²) in [5, 5.41) is 12.7. The van der Waals surface area contributed by atoms with Gasteiger partial charge in [-0.3, -0.25) is 0 Å². The van der Waals surface area contributed by atoms with Gasteiger partial charge in [0.1, 0.15) is 19.1 Å². The monoisotopic (exact) mass is 604 g/mol. The predicted octanol–water partition coefficient (Wildman–Crippen LogP) is 5.50. The number of imidazole rings is 1. The molecule has 42 heavy (non-hydrogen) atoms. The molecule has 0 saturated heterocycles. The van der Waals surface area contributed by atoms with Crippen LogP contribution < -0.4 is 10.1 Å². The Morgan fingerprint density at radius 2 is 1.95 bits per heavy atom. The molecule has 0 bridgehead atoms. The molecule has 0 spiro atoms. The van der Waals surface area contributed by atoms with Crippen LogP contribution in [0.1, 0.15) is 28.1 Å². The van der Waals surface area contributed by atoms with E-state index in [4.69, 9.17) is 14.2 Å². The maximum absolute atomic E-state index is 15.9. The fourth-order valence-electron chi connectivity index (χ4n) is 5.16. The first-order valence-corrected chi connectivity index (χ1v) is 17.2. The highest BCUT2D eigenvalue weighted by molar-refractivity contribution is 6.76. The number of carbonyl (C=O) groups excluding carboxylic acids is 1. The van der Waals surface area contributed by atoms with Crippen LogP contribution in [-0.4, -0.2) is 63.7 Å². The summed E-state index contributed by atoms with van der Waals surface area (Å²) in [5.41, 5.74) is -1.28. The highest BCUT2D eigenvalue weighted by Crippen LogP contribution is 2.54. The van der Waals surface area contributed by atoms with Gasteiger partial charge in [0.15, 0.2) is 5.82 Å². The zero-order valence-corrected chi connectivity index (χ0v) is 25.6. The first kappa shape index (κ1) is 31.3. The number of anilines is 1. The Morgan fingerprint density at radius 3 is 2.57 bits per heavy atom. The largest absolute Gasteiger partial charge is 0.496 e. The summed E-state index contributed by atoms with van der Waals surface area (Å²) in [5.74, 6) is -1.60. The average molecular weight is 605 g/mol. The molecule has 0 amide bonds. The molecule has 0 saturated carbocycles. The second-order valence-corrected chi connectivity index (χ2v) is 17.0. The molecule has 1 N–H and O–H groups in total. The lowest BCUT2D eigenvalue weighted by atomic mass is 9.84. The van der Waals surface area contributed by atoms with Gasteiger partial charge >= 0.3 is 12.1 Å². The van der Waals surface area contributed by atoms with Crippen LogP contribution in [0.5, 0.6) is 5.75 Å². The second-order valence-electron chi connectivity index (χ2n) is 11.4. The van der Waals surface area contributed by atoms with E-state index in [1.165, 1.54) is 35.9 Å². The zero-order chi connectivity index (χ0) is 30.9. The number of nitriles is 1. The highest BCUT2D eigenvalue weighted by atomic mass is 28.3. The molecule has 2 aromatic carbocycles. The topological polar surface area (TPSA) is 108 Å². The van der Waals surface area contributed by atoms with Crippen LogP contribution in [0.3, 0.4) is 0 Å². The molecular weight excluding hydrogens is 569 g/mol. The predicted molar refractivity (Wildman–Crippen MR) is 153 cm³/mol. The molecule has 9 nitrogen and oxygen atoms in total. The van der Waals surface area contributed by atoms with Crippen molar-refractivity contribution in [2.24, 2.45) is 0 Å². The van der Waals surface area contributed by atoms with E-state index in [0.29, 0.717) is 30.0 Å². The molecule has 3 aromatic rings. The van der Waals surface area contributed by atoms with Crippen molar-refractivity contribution in [3.05, 3.63) is 52.3 Å². The number of nitrogens with one attached hydrogen (secondary N) is 1. The Kier molecular flexibility index (Phi) is 8.91. The van der Waals surface area contributed by atoms with Crippen molar-refractivity contribution < 1.29 is 36.9 Å².